The van der Waals surface area contributed by atoms with E-state index in [0.717, 1.165) is 37.1 Å². The number of aromatic hydroxyl groups is 1. The number of phenolic OH excluding ortho intramolecular Hbond substituents is 1. The van der Waals surface area contributed by atoms with Crippen molar-refractivity contribution in [2.75, 3.05) is 27.8 Å². The fraction of sp³-hybridized carbons (Fsp3) is 0.600. The van der Waals surface area contributed by atoms with Gasteiger partial charge in [0.1, 0.15) is 0 Å². The average molecular weight is 329 g/mol. The van der Waals surface area contributed by atoms with Crippen LogP contribution in [0.3, 0.4) is 0 Å². The fourth-order valence-corrected chi connectivity index (χ4v) is 5.52. The van der Waals surface area contributed by atoms with Gasteiger partial charge in [0.15, 0.2) is 11.5 Å². The van der Waals surface area contributed by atoms with Crippen molar-refractivity contribution in [2.24, 2.45) is 11.8 Å². The van der Waals surface area contributed by atoms with Crippen LogP contribution in [0.25, 0.3) is 0 Å². The molecule has 1 saturated heterocycles. The van der Waals surface area contributed by atoms with Crippen molar-refractivity contribution in [2.45, 2.75) is 37.6 Å². The molecule has 1 fully saturated rings. The van der Waals surface area contributed by atoms with Crippen molar-refractivity contribution < 1.29 is 14.6 Å². The summed E-state index contributed by atoms with van der Waals surface area (Å²) in [7, 11) is 5.63. The summed E-state index contributed by atoms with van der Waals surface area (Å²) in [6.45, 7) is 3.30. The van der Waals surface area contributed by atoms with Crippen molar-refractivity contribution in [3.05, 3.63) is 35.1 Å². The van der Waals surface area contributed by atoms with Gasteiger partial charge in [-0.2, -0.15) is 0 Å². The number of likely N-dealkylation sites (tertiary alicyclic amines) is 1. The first-order chi connectivity index (χ1) is 11.5. The zero-order valence-electron chi connectivity index (χ0n) is 15.0. The average Bonchev–Trinajstić information content (AvgIpc) is 2.57. The fourth-order valence-electron chi connectivity index (χ4n) is 5.52. The minimum Gasteiger partial charge on any atom is -0.504 e. The number of piperidine rings is 1. The summed E-state index contributed by atoms with van der Waals surface area (Å²) in [5, 5.41) is 11.0. The molecule has 0 amide bonds. The van der Waals surface area contributed by atoms with Crippen LogP contribution in [0.5, 0.6) is 11.5 Å². The molecule has 4 atom stereocenters. The summed E-state index contributed by atoms with van der Waals surface area (Å²) in [4.78, 5) is 2.48. The maximum absolute atomic E-state index is 11.0. The summed E-state index contributed by atoms with van der Waals surface area (Å²) in [6, 6.07) is 4.53. The molecular formula is C20H27NO3. The summed E-state index contributed by atoms with van der Waals surface area (Å²) in [5.74, 6) is 2.79. The van der Waals surface area contributed by atoms with Gasteiger partial charge in [0.05, 0.1) is 20.0 Å². The normalized spacial score (nSPS) is 34.8. The van der Waals surface area contributed by atoms with Gasteiger partial charge in [-0.1, -0.05) is 13.0 Å². The highest BCUT2D eigenvalue weighted by Gasteiger charge is 2.55. The van der Waals surface area contributed by atoms with Crippen LogP contribution in [0.1, 0.15) is 30.9 Å². The highest BCUT2D eigenvalue weighted by Crippen LogP contribution is 2.59. The maximum Gasteiger partial charge on any atom is 0.161 e. The minimum atomic E-state index is -0.00910. The number of phenols is 1. The van der Waals surface area contributed by atoms with E-state index in [2.05, 4.69) is 31.0 Å². The molecule has 0 radical (unpaired) electrons. The molecule has 130 valence electrons. The van der Waals surface area contributed by atoms with Crippen molar-refractivity contribution >= 4 is 0 Å². The number of fused-ring (bicyclic) bond motifs is 1. The van der Waals surface area contributed by atoms with E-state index in [-0.39, 0.29) is 5.41 Å². The SMILES string of the molecule is COC1=C[C@@H]2[C@@H]3Cc4ccc(OC)c(O)c4[C@]2(CCN3C)CC1C. The Bertz CT molecular complexity index is 698. The first-order valence-electron chi connectivity index (χ1n) is 8.87. The van der Waals surface area contributed by atoms with Crippen molar-refractivity contribution in [3.63, 3.8) is 0 Å². The lowest BCUT2D eigenvalue weighted by Gasteiger charge is -2.58. The van der Waals surface area contributed by atoms with Crippen LogP contribution in [0, 0.1) is 11.8 Å². The third-order valence-electron chi connectivity index (χ3n) is 6.64. The van der Waals surface area contributed by atoms with Crippen LogP contribution in [-0.4, -0.2) is 43.9 Å². The molecule has 1 aromatic rings. The van der Waals surface area contributed by atoms with Crippen molar-refractivity contribution in [1.29, 1.82) is 0 Å². The zero-order valence-corrected chi connectivity index (χ0v) is 15.0. The summed E-state index contributed by atoms with van der Waals surface area (Å²) < 4.78 is 11.1. The Morgan fingerprint density at radius 2 is 2.04 bits per heavy atom. The molecule has 0 spiro atoms. The lowest BCUT2D eigenvalue weighted by Crippen LogP contribution is -2.60. The molecule has 4 nitrogen and oxygen atoms in total. The van der Waals surface area contributed by atoms with Crippen LogP contribution >= 0.6 is 0 Å². The van der Waals surface area contributed by atoms with E-state index in [1.54, 1.807) is 14.2 Å². The zero-order chi connectivity index (χ0) is 17.1. The van der Waals surface area contributed by atoms with Gasteiger partial charge in [-0.05, 0) is 50.6 Å². The number of allylic oxidation sites excluding steroid dienone is 1. The Kier molecular flexibility index (Phi) is 3.57. The molecular weight excluding hydrogens is 302 g/mol. The van der Waals surface area contributed by atoms with Crippen molar-refractivity contribution in [3.8, 4) is 11.5 Å². The van der Waals surface area contributed by atoms with Gasteiger partial charge in [-0.15, -0.1) is 0 Å². The lowest BCUT2D eigenvalue weighted by atomic mass is 9.52. The molecule has 3 aliphatic rings. The molecule has 24 heavy (non-hydrogen) atoms. The van der Waals surface area contributed by atoms with E-state index in [1.165, 1.54) is 5.56 Å². The molecule has 4 rings (SSSR count). The number of hydrogen-bond acceptors (Lipinski definition) is 4. The predicted octanol–water partition coefficient (Wildman–Crippen LogP) is 3.09. The molecule has 2 bridgehead atoms. The van der Waals surface area contributed by atoms with Gasteiger partial charge < -0.3 is 19.5 Å². The van der Waals surface area contributed by atoms with Gasteiger partial charge >= 0.3 is 0 Å². The molecule has 0 aromatic heterocycles. The maximum atomic E-state index is 11.0. The standard InChI is InChI=1S/C20H27NO3/c1-12-11-20-7-8-21(2)15(14(20)10-17(12)24-4)9-13-5-6-16(23-3)19(22)18(13)20/h5-6,10,12,14-15,22H,7-9,11H2,1-4H3/t12?,14-,15+,20-/m1/s1. The summed E-state index contributed by atoms with van der Waals surface area (Å²) in [6.07, 6.45) is 5.40. The largest absolute Gasteiger partial charge is 0.504 e. The second kappa shape index (κ2) is 5.41. The molecule has 1 unspecified atom stereocenters. The van der Waals surface area contributed by atoms with Gasteiger partial charge in [0.2, 0.25) is 0 Å². The third kappa shape index (κ3) is 1.95. The first-order valence-corrected chi connectivity index (χ1v) is 8.87. The lowest BCUT2D eigenvalue weighted by molar-refractivity contribution is 0.0251. The van der Waals surface area contributed by atoms with E-state index >= 15 is 0 Å². The van der Waals surface area contributed by atoms with E-state index in [9.17, 15) is 5.11 Å². The highest BCUT2D eigenvalue weighted by molar-refractivity contribution is 5.57. The van der Waals surface area contributed by atoms with Crippen molar-refractivity contribution in [1.82, 2.24) is 4.90 Å². The second-order valence-corrected chi connectivity index (χ2v) is 7.71. The van der Waals surface area contributed by atoms with E-state index < -0.39 is 0 Å². The number of methoxy groups -OCH3 is 2. The third-order valence-corrected chi connectivity index (χ3v) is 6.64. The Balaban J connectivity index is 1.95. The summed E-state index contributed by atoms with van der Waals surface area (Å²) in [5.41, 5.74) is 2.40. The first kappa shape index (κ1) is 15.8. The number of benzene rings is 1. The Labute approximate surface area is 144 Å². The van der Waals surface area contributed by atoms with Gasteiger partial charge in [0.25, 0.3) is 0 Å². The Morgan fingerprint density at radius 1 is 1.25 bits per heavy atom. The number of likely N-dealkylation sites (N-methyl/N-ethyl adjacent to an activating group) is 1. The van der Waals surface area contributed by atoms with Crippen LogP contribution in [-0.2, 0) is 16.6 Å². The monoisotopic (exact) mass is 329 g/mol. The Morgan fingerprint density at radius 3 is 2.75 bits per heavy atom. The molecule has 1 aromatic carbocycles. The molecule has 2 aliphatic carbocycles. The Hall–Kier alpha value is -1.68. The highest BCUT2D eigenvalue weighted by atomic mass is 16.5. The quantitative estimate of drug-likeness (QED) is 0.905. The van der Waals surface area contributed by atoms with E-state index in [0.29, 0.717) is 29.4 Å². The van der Waals surface area contributed by atoms with Crippen LogP contribution in [0.15, 0.2) is 24.0 Å². The topological polar surface area (TPSA) is 41.9 Å². The van der Waals surface area contributed by atoms with Crippen LogP contribution < -0.4 is 4.74 Å². The predicted molar refractivity (Wildman–Crippen MR) is 93.4 cm³/mol. The number of ether oxygens (including phenoxy) is 2. The number of rotatable bonds is 2. The molecule has 4 heteroatoms. The smallest absolute Gasteiger partial charge is 0.161 e. The molecule has 0 saturated carbocycles. The molecule has 1 N–H and O–H groups in total. The minimum absolute atomic E-state index is 0.00910. The molecule has 1 aliphatic heterocycles. The van der Waals surface area contributed by atoms with Crippen LogP contribution in [0.4, 0.5) is 0 Å². The van der Waals surface area contributed by atoms with Gasteiger partial charge in [0, 0.05) is 28.9 Å². The second-order valence-electron chi connectivity index (χ2n) is 7.71. The number of nitrogens with zero attached hydrogens (tertiary/aromatic N) is 1. The molecule has 1 heterocycles. The summed E-state index contributed by atoms with van der Waals surface area (Å²) >= 11 is 0. The van der Waals surface area contributed by atoms with Gasteiger partial charge in [-0.25, -0.2) is 0 Å². The number of hydrogen-bond donors (Lipinski definition) is 1. The van der Waals surface area contributed by atoms with Gasteiger partial charge in [-0.3, -0.25) is 0 Å². The van der Waals surface area contributed by atoms with E-state index in [4.69, 9.17) is 9.47 Å². The van der Waals surface area contributed by atoms with Crippen LogP contribution in [0.2, 0.25) is 0 Å². The van der Waals surface area contributed by atoms with E-state index in [1.807, 2.05) is 6.07 Å².